The van der Waals surface area contributed by atoms with Gasteiger partial charge in [0.25, 0.3) is 0 Å². The Morgan fingerprint density at radius 2 is 1.67 bits per heavy atom. The van der Waals surface area contributed by atoms with E-state index in [1.807, 2.05) is 13.8 Å². The van der Waals surface area contributed by atoms with Gasteiger partial charge in [0, 0.05) is 6.04 Å². The predicted octanol–water partition coefficient (Wildman–Crippen LogP) is 3.49. The van der Waals surface area contributed by atoms with Gasteiger partial charge in [-0.2, -0.15) is 0 Å². The van der Waals surface area contributed by atoms with Gasteiger partial charge in [0.1, 0.15) is 5.82 Å². The van der Waals surface area contributed by atoms with Crippen LogP contribution in [-0.4, -0.2) is 0 Å². The van der Waals surface area contributed by atoms with E-state index in [1.54, 1.807) is 12.1 Å². The van der Waals surface area contributed by atoms with Gasteiger partial charge in [0.05, 0.1) is 0 Å². The number of nitrogens with two attached hydrogens (primary N) is 1. The van der Waals surface area contributed by atoms with Crippen LogP contribution in [0.25, 0.3) is 0 Å². The molecule has 0 spiro atoms. The molecule has 0 amide bonds. The first kappa shape index (κ1) is 12.2. The summed E-state index contributed by atoms with van der Waals surface area (Å²) < 4.78 is 13.1. The highest BCUT2D eigenvalue weighted by Crippen LogP contribution is 2.26. The van der Waals surface area contributed by atoms with E-state index in [-0.39, 0.29) is 11.9 Å². The zero-order valence-corrected chi connectivity index (χ0v) is 9.97. The van der Waals surface area contributed by atoms with Crippen molar-refractivity contribution in [2.45, 2.75) is 40.2 Å². The molecular weight excluding hydrogens is 189 g/mol. The largest absolute Gasteiger partial charge is 0.324 e. The lowest BCUT2D eigenvalue weighted by Gasteiger charge is -2.19. The summed E-state index contributed by atoms with van der Waals surface area (Å²) in [6.45, 7) is 8.14. The average Bonchev–Trinajstić information content (AvgIpc) is 1.99. The fourth-order valence-corrected chi connectivity index (χ4v) is 2.13. The van der Waals surface area contributed by atoms with Gasteiger partial charge in [-0.25, -0.2) is 4.39 Å². The molecule has 0 saturated carbocycles. The first-order valence-electron chi connectivity index (χ1n) is 5.44. The van der Waals surface area contributed by atoms with Crippen LogP contribution in [0.3, 0.4) is 0 Å². The van der Waals surface area contributed by atoms with Gasteiger partial charge in [-0.15, -0.1) is 0 Å². The molecule has 1 unspecified atom stereocenters. The Morgan fingerprint density at radius 3 is 2.07 bits per heavy atom. The lowest BCUT2D eigenvalue weighted by molar-refractivity contribution is 0.506. The van der Waals surface area contributed by atoms with Crippen LogP contribution in [0, 0.1) is 25.6 Å². The molecule has 1 rings (SSSR count). The predicted molar refractivity (Wildman–Crippen MR) is 62.3 cm³/mol. The van der Waals surface area contributed by atoms with Crippen molar-refractivity contribution in [2.75, 3.05) is 0 Å². The van der Waals surface area contributed by atoms with Gasteiger partial charge in [-0.05, 0) is 55.0 Å². The molecule has 0 aliphatic rings. The molecule has 0 aliphatic heterocycles. The third-order valence-electron chi connectivity index (χ3n) is 2.65. The molecule has 2 heteroatoms. The highest BCUT2D eigenvalue weighted by atomic mass is 19.1. The van der Waals surface area contributed by atoms with Crippen molar-refractivity contribution < 1.29 is 4.39 Å². The quantitative estimate of drug-likeness (QED) is 0.810. The number of rotatable bonds is 3. The Hall–Kier alpha value is -0.890. The minimum Gasteiger partial charge on any atom is -0.324 e. The second kappa shape index (κ2) is 4.75. The van der Waals surface area contributed by atoms with E-state index in [0.717, 1.165) is 23.1 Å². The topological polar surface area (TPSA) is 26.0 Å². The minimum absolute atomic E-state index is 0.0191. The Labute approximate surface area is 91.5 Å². The van der Waals surface area contributed by atoms with Crippen LogP contribution < -0.4 is 5.73 Å². The van der Waals surface area contributed by atoms with E-state index in [1.165, 1.54) is 0 Å². The summed E-state index contributed by atoms with van der Waals surface area (Å²) in [5, 5.41) is 0. The lowest BCUT2D eigenvalue weighted by Crippen LogP contribution is -2.15. The molecule has 0 fully saturated rings. The second-order valence-corrected chi connectivity index (χ2v) is 4.69. The van der Waals surface area contributed by atoms with Gasteiger partial charge in [0.2, 0.25) is 0 Å². The third kappa shape index (κ3) is 3.03. The van der Waals surface area contributed by atoms with Crippen molar-refractivity contribution >= 4 is 0 Å². The summed E-state index contributed by atoms with van der Waals surface area (Å²) in [5.74, 6) is 0.384. The summed E-state index contributed by atoms with van der Waals surface area (Å²) >= 11 is 0. The zero-order chi connectivity index (χ0) is 11.6. The molecule has 0 radical (unpaired) electrons. The van der Waals surface area contributed by atoms with Gasteiger partial charge in [-0.1, -0.05) is 13.8 Å². The van der Waals surface area contributed by atoms with Crippen LogP contribution in [0.5, 0.6) is 0 Å². The van der Waals surface area contributed by atoms with Crippen LogP contribution in [0.15, 0.2) is 12.1 Å². The van der Waals surface area contributed by atoms with Crippen molar-refractivity contribution in [3.05, 3.63) is 34.6 Å². The summed E-state index contributed by atoms with van der Waals surface area (Å²) in [7, 11) is 0. The van der Waals surface area contributed by atoms with Crippen LogP contribution in [0.4, 0.5) is 4.39 Å². The summed E-state index contributed by atoms with van der Waals surface area (Å²) in [4.78, 5) is 0. The lowest BCUT2D eigenvalue weighted by atomic mass is 9.91. The molecule has 1 atom stereocenters. The molecular formula is C13H20FN. The van der Waals surface area contributed by atoms with Crippen LogP contribution in [-0.2, 0) is 0 Å². The minimum atomic E-state index is -0.175. The maximum atomic E-state index is 13.1. The Morgan fingerprint density at radius 1 is 1.20 bits per heavy atom. The first-order valence-corrected chi connectivity index (χ1v) is 5.44. The van der Waals surface area contributed by atoms with Crippen LogP contribution in [0.1, 0.15) is 43.0 Å². The van der Waals surface area contributed by atoms with E-state index < -0.39 is 0 Å². The highest BCUT2D eigenvalue weighted by Gasteiger charge is 2.14. The fourth-order valence-electron chi connectivity index (χ4n) is 2.13. The number of hydrogen-bond acceptors (Lipinski definition) is 1. The van der Waals surface area contributed by atoms with Gasteiger partial charge >= 0.3 is 0 Å². The van der Waals surface area contributed by atoms with E-state index in [4.69, 9.17) is 5.73 Å². The number of benzene rings is 1. The van der Waals surface area contributed by atoms with Crippen molar-refractivity contribution in [2.24, 2.45) is 11.7 Å². The molecule has 0 aromatic heterocycles. The van der Waals surface area contributed by atoms with Gasteiger partial charge in [-0.3, -0.25) is 0 Å². The van der Waals surface area contributed by atoms with E-state index in [0.29, 0.717) is 5.92 Å². The number of aryl methyl sites for hydroxylation is 2. The normalized spacial score (nSPS) is 13.3. The zero-order valence-electron chi connectivity index (χ0n) is 9.97. The Balaban J connectivity index is 3.03. The van der Waals surface area contributed by atoms with Crippen molar-refractivity contribution in [3.8, 4) is 0 Å². The molecule has 1 aromatic rings. The van der Waals surface area contributed by atoms with E-state index in [9.17, 15) is 4.39 Å². The monoisotopic (exact) mass is 209 g/mol. The third-order valence-corrected chi connectivity index (χ3v) is 2.65. The SMILES string of the molecule is Cc1cc(F)cc(C)c1C(N)CC(C)C. The van der Waals surface area contributed by atoms with Crippen molar-refractivity contribution in [1.29, 1.82) is 0 Å². The van der Waals surface area contributed by atoms with E-state index in [2.05, 4.69) is 13.8 Å². The molecule has 0 aliphatic carbocycles. The Kier molecular flexibility index (Phi) is 3.86. The smallest absolute Gasteiger partial charge is 0.123 e. The Bertz CT molecular complexity index is 321. The van der Waals surface area contributed by atoms with Gasteiger partial charge < -0.3 is 5.73 Å². The maximum Gasteiger partial charge on any atom is 0.123 e. The molecule has 0 saturated heterocycles. The summed E-state index contributed by atoms with van der Waals surface area (Å²) in [5.41, 5.74) is 9.15. The molecule has 0 heterocycles. The molecule has 1 aromatic carbocycles. The van der Waals surface area contributed by atoms with Crippen LogP contribution >= 0.6 is 0 Å². The molecule has 2 N–H and O–H groups in total. The second-order valence-electron chi connectivity index (χ2n) is 4.69. The van der Waals surface area contributed by atoms with Crippen molar-refractivity contribution in [3.63, 3.8) is 0 Å². The van der Waals surface area contributed by atoms with E-state index >= 15 is 0 Å². The summed E-state index contributed by atoms with van der Waals surface area (Å²) in [6.07, 6.45) is 0.938. The molecule has 1 nitrogen and oxygen atoms in total. The van der Waals surface area contributed by atoms with Crippen molar-refractivity contribution in [1.82, 2.24) is 0 Å². The number of hydrogen-bond donors (Lipinski definition) is 1. The molecule has 0 bridgehead atoms. The fraction of sp³-hybridized carbons (Fsp3) is 0.538. The molecule has 15 heavy (non-hydrogen) atoms. The standard InChI is InChI=1S/C13H20FN/c1-8(2)5-12(15)13-9(3)6-11(14)7-10(13)4/h6-8,12H,5,15H2,1-4H3. The first-order chi connectivity index (χ1) is 6.91. The highest BCUT2D eigenvalue weighted by molar-refractivity contribution is 5.36. The number of halogens is 1. The maximum absolute atomic E-state index is 13.1. The summed E-state index contributed by atoms with van der Waals surface area (Å²) in [6, 6.07) is 3.14. The van der Waals surface area contributed by atoms with Crippen LogP contribution in [0.2, 0.25) is 0 Å². The average molecular weight is 209 g/mol. The molecule has 84 valence electrons. The van der Waals surface area contributed by atoms with Gasteiger partial charge in [0.15, 0.2) is 0 Å².